The number of aryl methyl sites for hydroxylation is 1. The predicted molar refractivity (Wildman–Crippen MR) is 86.5 cm³/mol. The number of fused-ring (bicyclic) bond motifs is 1. The fourth-order valence-electron chi connectivity index (χ4n) is 2.10. The van der Waals surface area contributed by atoms with E-state index in [0.717, 1.165) is 5.56 Å². The van der Waals surface area contributed by atoms with Crippen molar-refractivity contribution in [2.24, 2.45) is 0 Å². The van der Waals surface area contributed by atoms with Crippen LogP contribution in [0, 0.1) is 6.92 Å². The molecule has 22 heavy (non-hydrogen) atoms. The zero-order chi connectivity index (χ0) is 15.7. The normalized spacial score (nSPS) is 10.6. The molecule has 0 radical (unpaired) electrons. The molecule has 0 bridgehead atoms. The summed E-state index contributed by atoms with van der Waals surface area (Å²) in [5.74, 6) is -0.531. The maximum absolute atomic E-state index is 12.3. The number of nitrogens with zero attached hydrogens (tertiary/aromatic N) is 1. The molecule has 1 amide bonds. The molecule has 0 aliphatic carbocycles. The molecule has 3 aromatic rings. The second-order valence-corrected chi connectivity index (χ2v) is 5.28. The van der Waals surface area contributed by atoms with Crippen LogP contribution in [0.4, 0.5) is 5.69 Å². The van der Waals surface area contributed by atoms with Crippen LogP contribution < -0.4 is 10.9 Å². The van der Waals surface area contributed by atoms with Gasteiger partial charge in [0.15, 0.2) is 5.82 Å². The van der Waals surface area contributed by atoms with Crippen LogP contribution >= 0.6 is 11.6 Å². The Balaban J connectivity index is 1.99. The second-order valence-electron chi connectivity index (χ2n) is 4.85. The Morgan fingerprint density at radius 3 is 2.82 bits per heavy atom. The molecule has 0 fully saturated rings. The van der Waals surface area contributed by atoms with Crippen LogP contribution in [0.5, 0.6) is 0 Å². The van der Waals surface area contributed by atoms with Gasteiger partial charge in [-0.25, -0.2) is 4.98 Å². The maximum atomic E-state index is 12.3. The molecule has 0 atom stereocenters. The average molecular weight is 314 g/mol. The molecule has 6 heteroatoms. The van der Waals surface area contributed by atoms with E-state index < -0.39 is 5.91 Å². The number of hydrogen-bond acceptors (Lipinski definition) is 3. The van der Waals surface area contributed by atoms with Gasteiger partial charge in [-0.3, -0.25) is 9.59 Å². The van der Waals surface area contributed by atoms with E-state index in [1.54, 1.807) is 42.5 Å². The summed E-state index contributed by atoms with van der Waals surface area (Å²) in [6, 6.07) is 12.0. The minimum Gasteiger partial charge on any atom is -0.319 e. The number of halogens is 1. The lowest BCUT2D eigenvalue weighted by molar-refractivity contribution is 0.101. The molecule has 5 nitrogen and oxygen atoms in total. The number of benzene rings is 2. The quantitative estimate of drug-likeness (QED) is 0.763. The highest BCUT2D eigenvalue weighted by Gasteiger charge is 2.12. The van der Waals surface area contributed by atoms with E-state index >= 15 is 0 Å². The zero-order valence-electron chi connectivity index (χ0n) is 11.7. The van der Waals surface area contributed by atoms with Crippen LogP contribution in [0.1, 0.15) is 16.2 Å². The molecule has 0 saturated carbocycles. The van der Waals surface area contributed by atoms with Crippen molar-refractivity contribution < 1.29 is 4.79 Å². The van der Waals surface area contributed by atoms with E-state index in [1.165, 1.54) is 0 Å². The number of carbonyl (C=O) groups excluding carboxylic acids is 1. The third-order valence-electron chi connectivity index (χ3n) is 3.28. The van der Waals surface area contributed by atoms with Crippen LogP contribution in [0.3, 0.4) is 0 Å². The van der Waals surface area contributed by atoms with Gasteiger partial charge >= 0.3 is 0 Å². The summed E-state index contributed by atoms with van der Waals surface area (Å²) in [4.78, 5) is 30.9. The molecule has 3 rings (SSSR count). The van der Waals surface area contributed by atoms with Crippen LogP contribution in [0.25, 0.3) is 10.9 Å². The number of hydrogen-bond donors (Lipinski definition) is 2. The summed E-state index contributed by atoms with van der Waals surface area (Å²) >= 11 is 5.92. The highest BCUT2D eigenvalue weighted by molar-refractivity contribution is 6.31. The highest BCUT2D eigenvalue weighted by atomic mass is 35.5. The minimum atomic E-state index is -0.492. The molecule has 2 N–H and O–H groups in total. The number of nitrogens with one attached hydrogen (secondary N) is 2. The van der Waals surface area contributed by atoms with Crippen molar-refractivity contribution in [3.8, 4) is 0 Å². The van der Waals surface area contributed by atoms with Crippen molar-refractivity contribution in [3.63, 3.8) is 0 Å². The molecule has 0 aliphatic heterocycles. The Kier molecular flexibility index (Phi) is 3.65. The van der Waals surface area contributed by atoms with Gasteiger partial charge in [-0.05, 0) is 36.8 Å². The predicted octanol–water partition coefficient (Wildman–Crippen LogP) is 3.14. The van der Waals surface area contributed by atoms with Gasteiger partial charge in [-0.1, -0.05) is 29.8 Å². The molecular weight excluding hydrogens is 302 g/mol. The smallest absolute Gasteiger partial charge is 0.291 e. The van der Waals surface area contributed by atoms with E-state index in [0.29, 0.717) is 21.6 Å². The molecular formula is C16H12ClN3O2. The maximum Gasteiger partial charge on any atom is 0.291 e. The summed E-state index contributed by atoms with van der Waals surface area (Å²) < 4.78 is 0. The minimum absolute atomic E-state index is 0.0388. The number of H-pyrrole nitrogens is 1. The Morgan fingerprint density at radius 1 is 1.23 bits per heavy atom. The Hall–Kier alpha value is -2.66. The summed E-state index contributed by atoms with van der Waals surface area (Å²) in [6.07, 6.45) is 0. The summed E-state index contributed by atoms with van der Waals surface area (Å²) in [7, 11) is 0. The molecule has 0 spiro atoms. The third-order valence-corrected chi connectivity index (χ3v) is 3.51. The van der Waals surface area contributed by atoms with Crippen molar-refractivity contribution in [3.05, 3.63) is 69.2 Å². The molecule has 2 aromatic carbocycles. The number of aromatic amines is 1. The second kappa shape index (κ2) is 5.61. The summed E-state index contributed by atoms with van der Waals surface area (Å²) in [5.41, 5.74) is 1.56. The lowest BCUT2D eigenvalue weighted by atomic mass is 10.2. The van der Waals surface area contributed by atoms with Crippen molar-refractivity contribution in [2.45, 2.75) is 6.92 Å². The Labute approximate surface area is 131 Å². The summed E-state index contributed by atoms with van der Waals surface area (Å²) in [6.45, 7) is 1.85. The first-order valence-electron chi connectivity index (χ1n) is 6.61. The fraction of sp³-hybridized carbons (Fsp3) is 0.0625. The molecule has 0 aliphatic rings. The van der Waals surface area contributed by atoms with Gasteiger partial charge < -0.3 is 10.3 Å². The highest BCUT2D eigenvalue weighted by Crippen LogP contribution is 2.20. The summed E-state index contributed by atoms with van der Waals surface area (Å²) in [5, 5.41) is 3.66. The lowest BCUT2D eigenvalue weighted by Crippen LogP contribution is -2.21. The van der Waals surface area contributed by atoms with Gasteiger partial charge in [0.2, 0.25) is 0 Å². The van der Waals surface area contributed by atoms with Crippen LogP contribution in [0.15, 0.2) is 47.3 Å². The zero-order valence-corrected chi connectivity index (χ0v) is 12.4. The van der Waals surface area contributed by atoms with Gasteiger partial charge in [0.1, 0.15) is 0 Å². The standard InChI is InChI=1S/C16H12ClN3O2/c1-9-6-7-10(17)8-13(9)19-16(22)14-18-12-5-3-2-4-11(12)15(21)20-14/h2-8H,1H3,(H,19,22)(H,18,20,21). The molecule has 0 saturated heterocycles. The van der Waals surface area contributed by atoms with Crippen molar-refractivity contribution in [1.29, 1.82) is 0 Å². The Morgan fingerprint density at radius 2 is 2.00 bits per heavy atom. The number of carbonyl (C=O) groups is 1. The van der Waals surface area contributed by atoms with Crippen LogP contribution in [-0.2, 0) is 0 Å². The fourth-order valence-corrected chi connectivity index (χ4v) is 2.28. The molecule has 110 valence electrons. The van der Waals surface area contributed by atoms with E-state index in [9.17, 15) is 9.59 Å². The van der Waals surface area contributed by atoms with Crippen LogP contribution in [0.2, 0.25) is 5.02 Å². The van der Waals surface area contributed by atoms with Crippen LogP contribution in [-0.4, -0.2) is 15.9 Å². The van der Waals surface area contributed by atoms with E-state index in [1.807, 2.05) is 6.92 Å². The van der Waals surface area contributed by atoms with Gasteiger partial charge in [0.05, 0.1) is 10.9 Å². The van der Waals surface area contributed by atoms with Gasteiger partial charge in [0.25, 0.3) is 11.5 Å². The monoisotopic (exact) mass is 313 g/mol. The largest absolute Gasteiger partial charge is 0.319 e. The van der Waals surface area contributed by atoms with Crippen molar-refractivity contribution in [1.82, 2.24) is 9.97 Å². The van der Waals surface area contributed by atoms with E-state index in [2.05, 4.69) is 15.3 Å². The van der Waals surface area contributed by atoms with Crippen molar-refractivity contribution in [2.75, 3.05) is 5.32 Å². The molecule has 1 aromatic heterocycles. The van der Waals surface area contributed by atoms with Crippen molar-refractivity contribution >= 4 is 34.1 Å². The number of anilines is 1. The average Bonchev–Trinajstić information content (AvgIpc) is 2.51. The number of rotatable bonds is 2. The third kappa shape index (κ3) is 2.71. The lowest BCUT2D eigenvalue weighted by Gasteiger charge is -2.08. The number of para-hydroxylation sites is 1. The first-order valence-corrected chi connectivity index (χ1v) is 6.99. The molecule has 0 unspecified atom stereocenters. The van der Waals surface area contributed by atoms with E-state index in [4.69, 9.17) is 11.6 Å². The Bertz CT molecular complexity index is 934. The van der Waals surface area contributed by atoms with Gasteiger partial charge in [-0.15, -0.1) is 0 Å². The topological polar surface area (TPSA) is 74.8 Å². The number of aromatic nitrogens is 2. The first kappa shape index (κ1) is 14.3. The SMILES string of the molecule is Cc1ccc(Cl)cc1NC(=O)c1nc2ccccc2c(=O)[nH]1. The van der Waals surface area contributed by atoms with Gasteiger partial charge in [-0.2, -0.15) is 0 Å². The van der Waals surface area contributed by atoms with E-state index in [-0.39, 0.29) is 11.4 Å². The number of amides is 1. The first-order chi connectivity index (χ1) is 10.5. The molecule has 1 heterocycles. The van der Waals surface area contributed by atoms with Gasteiger partial charge in [0, 0.05) is 10.7 Å².